The zero-order chi connectivity index (χ0) is 20.0. The molecule has 0 aromatic heterocycles. The van der Waals surface area contributed by atoms with E-state index in [1.54, 1.807) is 18.4 Å². The fourth-order valence-corrected chi connectivity index (χ4v) is 1.63. The second-order valence-electron chi connectivity index (χ2n) is 5.90. The smallest absolute Gasteiger partial charge is 0.243 e. The lowest BCUT2D eigenvalue weighted by Gasteiger charge is -1.99. The number of unbranched alkanes of at least 4 members (excludes halogenated alkanes) is 1. The summed E-state index contributed by atoms with van der Waals surface area (Å²) in [5, 5.41) is 5.41. The molecule has 0 spiro atoms. The van der Waals surface area contributed by atoms with Gasteiger partial charge in [0.2, 0.25) is 11.8 Å². The van der Waals surface area contributed by atoms with E-state index in [9.17, 15) is 9.59 Å². The molecule has 1 fully saturated rings. The number of nitrogens with one attached hydrogen (secondary N) is 2. The van der Waals surface area contributed by atoms with Crippen LogP contribution in [0.25, 0.3) is 0 Å². The van der Waals surface area contributed by atoms with Crippen LogP contribution in [0.3, 0.4) is 0 Å². The Morgan fingerprint density at radius 3 is 2.27 bits per heavy atom. The molecule has 0 saturated heterocycles. The van der Waals surface area contributed by atoms with Gasteiger partial charge in [0.15, 0.2) is 0 Å². The van der Waals surface area contributed by atoms with Gasteiger partial charge in [0.05, 0.1) is 0 Å². The minimum absolute atomic E-state index is 0.0470. The van der Waals surface area contributed by atoms with Gasteiger partial charge in [0.1, 0.15) is 0 Å². The quantitative estimate of drug-likeness (QED) is 0.422. The van der Waals surface area contributed by atoms with Crippen LogP contribution < -0.4 is 10.6 Å². The van der Waals surface area contributed by atoms with Crippen LogP contribution in [0, 0.1) is 5.92 Å². The van der Waals surface area contributed by atoms with Crippen LogP contribution in [0.1, 0.15) is 65.7 Å². The Morgan fingerprint density at radius 2 is 1.73 bits per heavy atom. The van der Waals surface area contributed by atoms with Gasteiger partial charge in [0, 0.05) is 19.2 Å². The second-order valence-corrected chi connectivity index (χ2v) is 5.90. The molecule has 1 rings (SSSR count). The summed E-state index contributed by atoms with van der Waals surface area (Å²) in [7, 11) is 0. The maximum atomic E-state index is 11.4. The highest BCUT2D eigenvalue weighted by Gasteiger charge is 2.21. The Morgan fingerprint density at radius 1 is 1.08 bits per heavy atom. The lowest BCUT2D eigenvalue weighted by molar-refractivity contribution is -0.120. The van der Waals surface area contributed by atoms with E-state index in [1.165, 1.54) is 31.8 Å². The second kappa shape index (κ2) is 20.9. The summed E-state index contributed by atoms with van der Waals surface area (Å²) in [4.78, 5) is 22.8. The summed E-state index contributed by atoms with van der Waals surface area (Å²) in [6.45, 7) is 12.7. The predicted octanol–water partition coefficient (Wildman–Crippen LogP) is 5.05. The van der Waals surface area contributed by atoms with E-state index in [0.717, 1.165) is 18.8 Å². The minimum atomic E-state index is -0.126. The van der Waals surface area contributed by atoms with Crippen molar-refractivity contribution in [3.05, 3.63) is 49.7 Å². The lowest BCUT2D eigenvalue weighted by Crippen LogP contribution is -2.22. The predicted molar refractivity (Wildman–Crippen MR) is 113 cm³/mol. The topological polar surface area (TPSA) is 58.2 Å². The Bertz CT molecular complexity index is 433. The summed E-state index contributed by atoms with van der Waals surface area (Å²) in [6.07, 6.45) is 18.1. The minimum Gasteiger partial charge on any atom is -0.349 e. The molecule has 0 aromatic carbocycles. The van der Waals surface area contributed by atoms with Crippen molar-refractivity contribution in [2.75, 3.05) is 6.54 Å². The number of hydrogen-bond donors (Lipinski definition) is 2. The molecule has 1 aliphatic carbocycles. The number of rotatable bonds is 10. The summed E-state index contributed by atoms with van der Waals surface area (Å²) < 4.78 is 0. The average Bonchev–Trinajstić information content (AvgIpc) is 3.49. The van der Waals surface area contributed by atoms with Gasteiger partial charge in [-0.3, -0.25) is 9.59 Å². The maximum Gasteiger partial charge on any atom is 0.243 e. The Hall–Kier alpha value is -2.10. The first kappa shape index (κ1) is 26.1. The molecule has 0 aromatic rings. The van der Waals surface area contributed by atoms with Crippen molar-refractivity contribution in [1.29, 1.82) is 0 Å². The van der Waals surface area contributed by atoms with Crippen LogP contribution >= 0.6 is 0 Å². The molecule has 26 heavy (non-hydrogen) atoms. The van der Waals surface area contributed by atoms with Gasteiger partial charge in [-0.2, -0.15) is 0 Å². The Balaban J connectivity index is 0. The Kier molecular flexibility index (Phi) is 21.1. The zero-order valence-electron chi connectivity index (χ0n) is 16.9. The lowest BCUT2D eigenvalue weighted by atomic mass is 10.2. The van der Waals surface area contributed by atoms with Crippen molar-refractivity contribution in [1.82, 2.24) is 10.6 Å². The number of allylic oxidation sites excluding steroid dienone is 3. The molecule has 4 heteroatoms. The number of hydrogen-bond acceptors (Lipinski definition) is 2. The van der Waals surface area contributed by atoms with Crippen LogP contribution in [0.4, 0.5) is 0 Å². The van der Waals surface area contributed by atoms with Gasteiger partial charge in [-0.05, 0) is 37.8 Å². The first-order valence-electron chi connectivity index (χ1n) is 9.63. The van der Waals surface area contributed by atoms with E-state index < -0.39 is 0 Å². The van der Waals surface area contributed by atoms with E-state index in [4.69, 9.17) is 0 Å². The molecule has 0 radical (unpaired) electrons. The highest BCUT2D eigenvalue weighted by atomic mass is 16.2. The molecule has 0 bridgehead atoms. The fourth-order valence-electron chi connectivity index (χ4n) is 1.63. The van der Waals surface area contributed by atoms with Crippen LogP contribution in [0.15, 0.2) is 49.7 Å². The maximum absolute atomic E-state index is 11.4. The summed E-state index contributed by atoms with van der Waals surface area (Å²) in [6, 6.07) is 0. The number of carbonyl (C=O) groups is 2. The average molecular weight is 363 g/mol. The van der Waals surface area contributed by atoms with Gasteiger partial charge in [-0.15, -0.1) is 13.2 Å². The van der Waals surface area contributed by atoms with Crippen LogP contribution in [0.2, 0.25) is 0 Å². The standard InChI is InChI=1S/C16H24N2O2.C4H10.C2H4/c1-2-3-4-5-7-15(19)17-12-6-13-18-16(20)11-10-14-8-9-14;1-3-4-2;1-2/h2-3,5-7,13-14H,4,8-12H2,1H3,(H,17,19)(H,18,20);3-4H2,1-2H3;1-2H2/b3-2-,7-5-,13-6+;;. The van der Waals surface area contributed by atoms with Crippen molar-refractivity contribution in [2.24, 2.45) is 5.92 Å². The first-order chi connectivity index (χ1) is 12.6. The number of carbonyl (C=O) groups excluding carboxylic acids is 2. The van der Waals surface area contributed by atoms with Crippen molar-refractivity contribution in [3.8, 4) is 0 Å². The third-order valence-electron chi connectivity index (χ3n) is 3.51. The molecule has 2 amide bonds. The van der Waals surface area contributed by atoms with E-state index in [2.05, 4.69) is 37.6 Å². The molecular weight excluding hydrogens is 324 g/mol. The van der Waals surface area contributed by atoms with Crippen LogP contribution in [-0.2, 0) is 9.59 Å². The molecule has 2 N–H and O–H groups in total. The van der Waals surface area contributed by atoms with Gasteiger partial charge in [-0.25, -0.2) is 0 Å². The summed E-state index contributed by atoms with van der Waals surface area (Å²) >= 11 is 0. The van der Waals surface area contributed by atoms with Gasteiger partial charge in [0.25, 0.3) is 0 Å². The zero-order valence-corrected chi connectivity index (χ0v) is 16.9. The highest BCUT2D eigenvalue weighted by molar-refractivity contribution is 5.87. The molecule has 1 aliphatic rings. The van der Waals surface area contributed by atoms with Crippen LogP contribution in [-0.4, -0.2) is 18.4 Å². The van der Waals surface area contributed by atoms with Crippen LogP contribution in [0.5, 0.6) is 0 Å². The van der Waals surface area contributed by atoms with Gasteiger partial charge >= 0.3 is 0 Å². The summed E-state index contributed by atoms with van der Waals surface area (Å²) in [5.74, 6) is 0.697. The largest absolute Gasteiger partial charge is 0.349 e. The molecule has 0 unspecified atom stereocenters. The SMILES string of the molecule is C/C=C\C/C=C\C(=O)NC/C=C/NC(=O)CCC1CC1.C=C.CCCC. The normalized spacial score (nSPS) is 13.0. The third kappa shape index (κ3) is 21.9. The van der Waals surface area contributed by atoms with E-state index >= 15 is 0 Å². The number of amides is 2. The van der Waals surface area contributed by atoms with E-state index in [0.29, 0.717) is 13.0 Å². The van der Waals surface area contributed by atoms with Crippen molar-refractivity contribution >= 4 is 11.8 Å². The molecule has 0 heterocycles. The molecule has 0 atom stereocenters. The van der Waals surface area contributed by atoms with E-state index in [-0.39, 0.29) is 11.8 Å². The fraction of sp³-hybridized carbons (Fsp3) is 0.545. The van der Waals surface area contributed by atoms with E-state index in [1.807, 2.05) is 19.1 Å². The van der Waals surface area contributed by atoms with Crippen molar-refractivity contribution in [2.45, 2.75) is 65.7 Å². The highest BCUT2D eigenvalue weighted by Crippen LogP contribution is 2.33. The van der Waals surface area contributed by atoms with Crippen molar-refractivity contribution < 1.29 is 9.59 Å². The Labute approximate surface area is 160 Å². The molecular formula is C22H38N2O2. The van der Waals surface area contributed by atoms with Gasteiger partial charge in [-0.1, -0.05) is 57.8 Å². The molecule has 148 valence electrons. The molecule has 1 saturated carbocycles. The molecule has 0 aliphatic heterocycles. The van der Waals surface area contributed by atoms with Gasteiger partial charge < -0.3 is 10.6 Å². The first-order valence-corrected chi connectivity index (χ1v) is 9.63. The molecule has 4 nitrogen and oxygen atoms in total. The summed E-state index contributed by atoms with van der Waals surface area (Å²) in [5.41, 5.74) is 0. The third-order valence-corrected chi connectivity index (χ3v) is 3.51. The van der Waals surface area contributed by atoms with Crippen molar-refractivity contribution in [3.63, 3.8) is 0 Å². The monoisotopic (exact) mass is 362 g/mol.